The van der Waals surface area contributed by atoms with Gasteiger partial charge in [-0.3, -0.25) is 4.90 Å². The average molecular weight is 315 g/mol. The van der Waals surface area contributed by atoms with Crippen molar-refractivity contribution in [2.24, 2.45) is 5.92 Å². The third kappa shape index (κ3) is 4.08. The number of aryl methyl sites for hydroxylation is 1. The van der Waals surface area contributed by atoms with E-state index in [4.69, 9.17) is 0 Å². The molecular weight excluding hydrogens is 290 g/mol. The number of thiazole rings is 1. The minimum absolute atomic E-state index is 0.855. The molecule has 3 nitrogen and oxygen atoms in total. The van der Waals surface area contributed by atoms with Crippen LogP contribution < -0.4 is 5.32 Å². The zero-order valence-electron chi connectivity index (χ0n) is 13.5. The summed E-state index contributed by atoms with van der Waals surface area (Å²) < 4.78 is 0. The number of hydrogen-bond acceptors (Lipinski definition) is 4. The average Bonchev–Trinajstić information content (AvgIpc) is 2.94. The van der Waals surface area contributed by atoms with Crippen molar-refractivity contribution in [3.8, 4) is 0 Å². The third-order valence-corrected chi connectivity index (χ3v) is 5.31. The fourth-order valence-electron chi connectivity index (χ4n) is 2.95. The summed E-state index contributed by atoms with van der Waals surface area (Å²) in [6.45, 7) is 8.84. The largest absolute Gasteiger partial charge is 0.357 e. The molecule has 0 spiro atoms. The molecule has 118 valence electrons. The van der Waals surface area contributed by atoms with Crippen LogP contribution >= 0.6 is 11.3 Å². The van der Waals surface area contributed by atoms with Gasteiger partial charge < -0.3 is 5.32 Å². The second-order valence-electron chi connectivity index (χ2n) is 6.36. The molecule has 1 fully saturated rings. The van der Waals surface area contributed by atoms with Gasteiger partial charge in [-0.2, -0.15) is 0 Å². The number of nitrogens with one attached hydrogen (secondary N) is 1. The van der Waals surface area contributed by atoms with Gasteiger partial charge in [0.05, 0.1) is 0 Å². The normalized spacial score (nSPS) is 16.8. The monoisotopic (exact) mass is 315 g/mol. The highest BCUT2D eigenvalue weighted by molar-refractivity contribution is 7.15. The first-order chi connectivity index (χ1) is 10.7. The van der Waals surface area contributed by atoms with Crippen LogP contribution in [-0.4, -0.2) is 23.0 Å². The molecule has 3 rings (SSSR count). The SMILES string of the molecule is Cc1cnc(NCc2ccccc2CN2CCC(C)CC2)s1. The Morgan fingerprint density at radius 2 is 1.95 bits per heavy atom. The summed E-state index contributed by atoms with van der Waals surface area (Å²) in [5.41, 5.74) is 2.83. The molecule has 2 aromatic rings. The fraction of sp³-hybridized carbons (Fsp3) is 0.500. The number of piperidine rings is 1. The molecule has 22 heavy (non-hydrogen) atoms. The van der Waals surface area contributed by atoms with Crippen LogP contribution in [0.5, 0.6) is 0 Å². The van der Waals surface area contributed by atoms with Crippen LogP contribution in [0.2, 0.25) is 0 Å². The Kier molecular flexibility index (Phi) is 5.11. The number of aromatic nitrogens is 1. The lowest BCUT2D eigenvalue weighted by molar-refractivity contribution is 0.185. The number of hydrogen-bond donors (Lipinski definition) is 1. The zero-order chi connectivity index (χ0) is 15.4. The van der Waals surface area contributed by atoms with Crippen molar-refractivity contribution in [1.29, 1.82) is 0 Å². The summed E-state index contributed by atoms with van der Waals surface area (Å²) in [6, 6.07) is 8.78. The first-order valence-corrected chi connectivity index (χ1v) is 8.98. The molecule has 1 aromatic heterocycles. The van der Waals surface area contributed by atoms with E-state index in [-0.39, 0.29) is 0 Å². The fourth-order valence-corrected chi connectivity index (χ4v) is 3.61. The summed E-state index contributed by atoms with van der Waals surface area (Å²) in [5, 5.41) is 4.47. The molecule has 0 atom stereocenters. The Bertz CT molecular complexity index is 600. The minimum atomic E-state index is 0.855. The minimum Gasteiger partial charge on any atom is -0.357 e. The predicted octanol–water partition coefficient (Wildman–Crippen LogP) is 4.30. The summed E-state index contributed by atoms with van der Waals surface area (Å²) in [6.07, 6.45) is 4.59. The lowest BCUT2D eigenvalue weighted by atomic mass is 9.98. The predicted molar refractivity (Wildman–Crippen MR) is 94.3 cm³/mol. The highest BCUT2D eigenvalue weighted by Crippen LogP contribution is 2.21. The number of rotatable bonds is 5. The first kappa shape index (κ1) is 15.5. The third-order valence-electron chi connectivity index (χ3n) is 4.44. The number of likely N-dealkylation sites (tertiary alicyclic amines) is 1. The molecule has 0 saturated carbocycles. The molecule has 0 bridgehead atoms. The van der Waals surface area contributed by atoms with Crippen molar-refractivity contribution in [1.82, 2.24) is 9.88 Å². The Balaban J connectivity index is 1.62. The van der Waals surface area contributed by atoms with Crippen molar-refractivity contribution in [3.05, 3.63) is 46.5 Å². The van der Waals surface area contributed by atoms with Crippen LogP contribution in [0.4, 0.5) is 5.13 Å². The standard InChI is InChI=1S/C18H25N3S/c1-14-7-9-21(10-8-14)13-17-6-4-3-5-16(17)12-20-18-19-11-15(2)22-18/h3-6,11,14H,7-10,12-13H2,1-2H3,(H,19,20). The smallest absolute Gasteiger partial charge is 0.183 e. The van der Waals surface area contributed by atoms with E-state index in [2.05, 4.69) is 53.3 Å². The van der Waals surface area contributed by atoms with Gasteiger partial charge in [-0.15, -0.1) is 11.3 Å². The van der Waals surface area contributed by atoms with Crippen LogP contribution in [0.1, 0.15) is 35.8 Å². The maximum Gasteiger partial charge on any atom is 0.183 e. The Labute approximate surface area is 137 Å². The van der Waals surface area contributed by atoms with E-state index >= 15 is 0 Å². The molecule has 1 aliphatic rings. The van der Waals surface area contributed by atoms with E-state index in [0.29, 0.717) is 0 Å². The lowest BCUT2D eigenvalue weighted by Gasteiger charge is -2.30. The van der Waals surface area contributed by atoms with Crippen molar-refractivity contribution in [2.45, 2.75) is 39.8 Å². The van der Waals surface area contributed by atoms with Crippen LogP contribution in [0.3, 0.4) is 0 Å². The first-order valence-electron chi connectivity index (χ1n) is 8.16. The Morgan fingerprint density at radius 1 is 1.23 bits per heavy atom. The summed E-state index contributed by atoms with van der Waals surface area (Å²) in [5.74, 6) is 0.890. The maximum absolute atomic E-state index is 4.38. The van der Waals surface area contributed by atoms with Gasteiger partial charge in [0.1, 0.15) is 0 Å². The summed E-state index contributed by atoms with van der Waals surface area (Å²) >= 11 is 1.72. The van der Waals surface area contributed by atoms with Crippen LogP contribution in [-0.2, 0) is 13.1 Å². The summed E-state index contributed by atoms with van der Waals surface area (Å²) in [7, 11) is 0. The van der Waals surface area contributed by atoms with Crippen LogP contribution in [0.25, 0.3) is 0 Å². The van der Waals surface area contributed by atoms with Crippen molar-refractivity contribution in [3.63, 3.8) is 0 Å². The lowest BCUT2D eigenvalue weighted by Crippen LogP contribution is -2.32. The Morgan fingerprint density at radius 3 is 2.64 bits per heavy atom. The van der Waals surface area contributed by atoms with Crippen LogP contribution in [0.15, 0.2) is 30.5 Å². The highest BCUT2D eigenvalue weighted by atomic mass is 32.1. The highest BCUT2D eigenvalue weighted by Gasteiger charge is 2.16. The molecule has 0 unspecified atom stereocenters. The number of benzene rings is 1. The van der Waals surface area contributed by atoms with E-state index in [9.17, 15) is 0 Å². The molecule has 2 heterocycles. The van der Waals surface area contributed by atoms with Gasteiger partial charge in [0.25, 0.3) is 0 Å². The van der Waals surface area contributed by atoms with Crippen molar-refractivity contribution < 1.29 is 0 Å². The molecule has 1 saturated heterocycles. The van der Waals surface area contributed by atoms with E-state index in [1.54, 1.807) is 11.3 Å². The zero-order valence-corrected chi connectivity index (χ0v) is 14.3. The van der Waals surface area contributed by atoms with Crippen molar-refractivity contribution in [2.75, 3.05) is 18.4 Å². The van der Waals surface area contributed by atoms with E-state index in [0.717, 1.165) is 24.1 Å². The van der Waals surface area contributed by atoms with Gasteiger partial charge in [0, 0.05) is 24.2 Å². The van der Waals surface area contributed by atoms with Gasteiger partial charge in [0.2, 0.25) is 0 Å². The summed E-state index contributed by atoms with van der Waals surface area (Å²) in [4.78, 5) is 8.22. The molecular formula is C18H25N3S. The maximum atomic E-state index is 4.38. The molecule has 4 heteroatoms. The van der Waals surface area contributed by atoms with E-state index < -0.39 is 0 Å². The van der Waals surface area contributed by atoms with Crippen LogP contribution in [0, 0.1) is 12.8 Å². The van der Waals surface area contributed by atoms with E-state index in [1.165, 1.54) is 41.9 Å². The molecule has 0 amide bonds. The van der Waals surface area contributed by atoms with Gasteiger partial charge in [-0.25, -0.2) is 4.98 Å². The van der Waals surface area contributed by atoms with Gasteiger partial charge >= 0.3 is 0 Å². The molecule has 1 aliphatic heterocycles. The Hall–Kier alpha value is -1.39. The number of anilines is 1. The molecule has 0 radical (unpaired) electrons. The quantitative estimate of drug-likeness (QED) is 0.892. The molecule has 1 aromatic carbocycles. The molecule has 0 aliphatic carbocycles. The number of nitrogens with zero attached hydrogens (tertiary/aromatic N) is 2. The van der Waals surface area contributed by atoms with Crippen molar-refractivity contribution >= 4 is 16.5 Å². The second-order valence-corrected chi connectivity index (χ2v) is 7.59. The van der Waals surface area contributed by atoms with E-state index in [1.807, 2.05) is 6.20 Å². The van der Waals surface area contributed by atoms with Gasteiger partial charge in [0.15, 0.2) is 5.13 Å². The van der Waals surface area contributed by atoms with Gasteiger partial charge in [-0.05, 0) is 49.9 Å². The molecule has 1 N–H and O–H groups in total. The second kappa shape index (κ2) is 7.25. The van der Waals surface area contributed by atoms with Gasteiger partial charge in [-0.1, -0.05) is 31.2 Å². The topological polar surface area (TPSA) is 28.2 Å².